The minimum absolute atomic E-state index is 0.0956. The van der Waals surface area contributed by atoms with Gasteiger partial charge in [-0.25, -0.2) is 0 Å². The first kappa shape index (κ1) is 20.0. The molecule has 0 saturated carbocycles. The van der Waals surface area contributed by atoms with Crippen LogP contribution in [0.2, 0.25) is 5.02 Å². The summed E-state index contributed by atoms with van der Waals surface area (Å²) in [4.78, 5) is 29.3. The SMILES string of the molecule is COc1ccc(CN2C(=O)[C@]3(SCC(=O)N3c3ccc(Cl)cc3)c3ccccc32)cc1. The molecular formula is C24H19ClN2O3S. The van der Waals surface area contributed by atoms with Crippen LogP contribution in [0.5, 0.6) is 5.75 Å². The number of carbonyl (C=O) groups is 2. The van der Waals surface area contributed by atoms with Gasteiger partial charge in [0.2, 0.25) is 10.8 Å². The van der Waals surface area contributed by atoms with Crippen LogP contribution < -0.4 is 14.5 Å². The molecule has 5 rings (SSSR count). The zero-order chi connectivity index (χ0) is 21.6. The van der Waals surface area contributed by atoms with Crippen molar-refractivity contribution in [2.24, 2.45) is 0 Å². The Morgan fingerprint density at radius 1 is 1.00 bits per heavy atom. The van der Waals surface area contributed by atoms with Gasteiger partial charge in [0.15, 0.2) is 0 Å². The average Bonchev–Trinajstić information content (AvgIpc) is 3.26. The summed E-state index contributed by atoms with van der Waals surface area (Å²) < 4.78 is 5.24. The maximum absolute atomic E-state index is 14.0. The zero-order valence-electron chi connectivity index (χ0n) is 16.7. The number of nitrogens with zero attached hydrogens (tertiary/aromatic N) is 2. The standard InChI is InChI=1S/C24H19ClN2O3S/c1-30-19-12-6-16(7-13-19)14-26-21-5-3-2-4-20(21)24(23(26)29)27(22(28)15-31-24)18-10-8-17(25)9-11-18/h2-13H,14-15H2,1H3/t24-/m1/s1. The molecule has 2 aliphatic rings. The third-order valence-electron chi connectivity index (χ3n) is 5.65. The van der Waals surface area contributed by atoms with Crippen molar-refractivity contribution < 1.29 is 14.3 Å². The predicted molar refractivity (Wildman–Crippen MR) is 124 cm³/mol. The van der Waals surface area contributed by atoms with Gasteiger partial charge in [0.05, 0.1) is 25.1 Å². The van der Waals surface area contributed by atoms with E-state index in [4.69, 9.17) is 16.3 Å². The molecule has 2 aliphatic heterocycles. The van der Waals surface area contributed by atoms with Crippen LogP contribution in [0.1, 0.15) is 11.1 Å². The Morgan fingerprint density at radius 2 is 1.71 bits per heavy atom. The second kappa shape index (κ2) is 7.62. The van der Waals surface area contributed by atoms with Gasteiger partial charge >= 0.3 is 0 Å². The number of methoxy groups -OCH3 is 1. The summed E-state index contributed by atoms with van der Waals surface area (Å²) in [5.74, 6) is 0.787. The number of thioether (sulfide) groups is 1. The van der Waals surface area contributed by atoms with Crippen LogP contribution in [0.15, 0.2) is 72.8 Å². The lowest BCUT2D eigenvalue weighted by atomic mass is 10.0. The van der Waals surface area contributed by atoms with Gasteiger partial charge in [0.25, 0.3) is 5.91 Å². The molecule has 2 amide bonds. The molecule has 31 heavy (non-hydrogen) atoms. The minimum Gasteiger partial charge on any atom is -0.497 e. The molecule has 3 aromatic rings. The molecule has 3 aromatic carbocycles. The van der Waals surface area contributed by atoms with E-state index in [0.29, 0.717) is 17.3 Å². The highest BCUT2D eigenvalue weighted by molar-refractivity contribution is 8.02. The molecule has 0 unspecified atom stereocenters. The van der Waals surface area contributed by atoms with Crippen LogP contribution in [0.4, 0.5) is 11.4 Å². The normalized spacial score (nSPS) is 19.9. The van der Waals surface area contributed by atoms with Crippen LogP contribution in [0, 0.1) is 0 Å². The van der Waals surface area contributed by atoms with E-state index in [0.717, 1.165) is 22.6 Å². The van der Waals surface area contributed by atoms with Crippen molar-refractivity contribution in [3.63, 3.8) is 0 Å². The average molecular weight is 451 g/mol. The molecule has 1 fully saturated rings. The third-order valence-corrected chi connectivity index (χ3v) is 7.29. The van der Waals surface area contributed by atoms with E-state index in [1.54, 1.807) is 41.2 Å². The molecule has 0 radical (unpaired) electrons. The summed E-state index contributed by atoms with van der Waals surface area (Å²) in [6, 6.07) is 22.4. The maximum Gasteiger partial charge on any atom is 0.269 e. The summed E-state index contributed by atoms with van der Waals surface area (Å²) in [6.45, 7) is 0.408. The number of halogens is 1. The second-order valence-corrected chi connectivity index (χ2v) is 9.00. The van der Waals surface area contributed by atoms with E-state index < -0.39 is 4.87 Å². The number of hydrogen-bond donors (Lipinski definition) is 0. The van der Waals surface area contributed by atoms with E-state index >= 15 is 0 Å². The van der Waals surface area contributed by atoms with E-state index in [1.165, 1.54) is 11.8 Å². The van der Waals surface area contributed by atoms with Crippen LogP contribution >= 0.6 is 23.4 Å². The maximum atomic E-state index is 14.0. The smallest absolute Gasteiger partial charge is 0.269 e. The van der Waals surface area contributed by atoms with Gasteiger partial charge < -0.3 is 9.64 Å². The van der Waals surface area contributed by atoms with E-state index in [-0.39, 0.29) is 17.6 Å². The monoisotopic (exact) mass is 450 g/mol. The molecule has 0 aromatic heterocycles. The van der Waals surface area contributed by atoms with Crippen LogP contribution in [0.25, 0.3) is 0 Å². The van der Waals surface area contributed by atoms with E-state index in [9.17, 15) is 9.59 Å². The van der Waals surface area contributed by atoms with Crippen molar-refractivity contribution in [2.45, 2.75) is 11.4 Å². The van der Waals surface area contributed by atoms with Crippen molar-refractivity contribution in [1.29, 1.82) is 0 Å². The lowest BCUT2D eigenvalue weighted by Crippen LogP contribution is -2.49. The van der Waals surface area contributed by atoms with Crippen LogP contribution in [0.3, 0.4) is 0 Å². The molecule has 0 N–H and O–H groups in total. The Bertz CT molecular complexity index is 1170. The molecule has 1 saturated heterocycles. The fraction of sp³-hybridized carbons (Fsp3) is 0.167. The highest BCUT2D eigenvalue weighted by Gasteiger charge is 2.60. The summed E-state index contributed by atoms with van der Waals surface area (Å²) in [7, 11) is 1.62. The number of hydrogen-bond acceptors (Lipinski definition) is 4. The molecule has 7 heteroatoms. The number of rotatable bonds is 4. The zero-order valence-corrected chi connectivity index (χ0v) is 18.3. The topological polar surface area (TPSA) is 49.9 Å². The van der Waals surface area contributed by atoms with Crippen molar-refractivity contribution in [2.75, 3.05) is 22.7 Å². The summed E-state index contributed by atoms with van der Waals surface area (Å²) in [6.07, 6.45) is 0. The number of ether oxygens (including phenoxy) is 1. The van der Waals surface area contributed by atoms with Gasteiger partial charge in [-0.2, -0.15) is 0 Å². The van der Waals surface area contributed by atoms with Gasteiger partial charge in [0, 0.05) is 16.3 Å². The number of para-hydroxylation sites is 1. The van der Waals surface area contributed by atoms with Crippen molar-refractivity contribution in [3.8, 4) is 5.75 Å². The van der Waals surface area contributed by atoms with Crippen LogP contribution in [-0.2, 0) is 21.0 Å². The van der Waals surface area contributed by atoms with Gasteiger partial charge in [-0.1, -0.05) is 41.9 Å². The fourth-order valence-electron chi connectivity index (χ4n) is 4.22. The molecule has 5 nitrogen and oxygen atoms in total. The van der Waals surface area contributed by atoms with Gasteiger partial charge in [-0.3, -0.25) is 14.5 Å². The number of anilines is 2. The highest BCUT2D eigenvalue weighted by Crippen LogP contribution is 2.55. The minimum atomic E-state index is -1.12. The molecular weight excluding hydrogens is 432 g/mol. The van der Waals surface area contributed by atoms with Gasteiger partial charge in [-0.05, 0) is 48.0 Å². The number of fused-ring (bicyclic) bond motifs is 2. The molecule has 0 aliphatic carbocycles. The first-order valence-electron chi connectivity index (χ1n) is 9.81. The molecule has 1 atom stereocenters. The predicted octanol–water partition coefficient (Wildman–Crippen LogP) is 4.83. The van der Waals surface area contributed by atoms with Gasteiger partial charge in [-0.15, -0.1) is 11.8 Å². The van der Waals surface area contributed by atoms with E-state index in [1.807, 2.05) is 48.5 Å². The van der Waals surface area contributed by atoms with E-state index in [2.05, 4.69) is 0 Å². The fourth-order valence-corrected chi connectivity index (χ4v) is 5.70. The quantitative estimate of drug-likeness (QED) is 0.571. The van der Waals surface area contributed by atoms with Gasteiger partial charge in [0.1, 0.15) is 5.75 Å². The second-order valence-electron chi connectivity index (χ2n) is 7.39. The van der Waals surface area contributed by atoms with Crippen molar-refractivity contribution in [3.05, 3.63) is 88.9 Å². The Balaban J connectivity index is 1.59. The number of amides is 2. The van der Waals surface area contributed by atoms with Crippen molar-refractivity contribution >= 4 is 46.6 Å². The Hall–Kier alpha value is -2.96. The molecule has 1 spiro atoms. The highest BCUT2D eigenvalue weighted by atomic mass is 35.5. The number of benzene rings is 3. The Kier molecular flexibility index (Phi) is 4.91. The number of carbonyl (C=O) groups excluding carboxylic acids is 2. The molecule has 0 bridgehead atoms. The molecule has 2 heterocycles. The first-order chi connectivity index (χ1) is 15.0. The molecule has 156 valence electrons. The lowest BCUT2D eigenvalue weighted by molar-refractivity contribution is -0.123. The van der Waals surface area contributed by atoms with Crippen molar-refractivity contribution in [1.82, 2.24) is 0 Å². The lowest BCUT2D eigenvalue weighted by Gasteiger charge is -2.33. The third kappa shape index (κ3) is 3.09. The summed E-state index contributed by atoms with van der Waals surface area (Å²) >= 11 is 7.43. The largest absolute Gasteiger partial charge is 0.497 e. The summed E-state index contributed by atoms with van der Waals surface area (Å²) in [5, 5.41) is 0.580. The van der Waals surface area contributed by atoms with Crippen LogP contribution in [-0.4, -0.2) is 24.7 Å². The Morgan fingerprint density at radius 3 is 2.42 bits per heavy atom. The first-order valence-corrected chi connectivity index (χ1v) is 11.2. The summed E-state index contributed by atoms with van der Waals surface area (Å²) in [5.41, 5.74) is 3.30. The Labute approximate surface area is 189 Å².